The van der Waals surface area contributed by atoms with E-state index in [-0.39, 0.29) is 62.9 Å². The average Bonchev–Trinajstić information content (AvgIpc) is 3.14. The lowest BCUT2D eigenvalue weighted by molar-refractivity contribution is -0.282. The van der Waals surface area contributed by atoms with Crippen molar-refractivity contribution in [3.05, 3.63) is 108 Å². The van der Waals surface area contributed by atoms with E-state index >= 15 is 0 Å². The van der Waals surface area contributed by atoms with Gasteiger partial charge < -0.3 is 38.5 Å². The molecule has 1 N–H and O–H groups in total. The SMILES string of the molecule is CC1[C@@H](OCCOCCOCCNC(=O)C(F)(F)F)OC(COC(=O)c2ccccc2)[C@@H](OC(=O)c2ccccc2)[C@@H]1OC(=O)c1ccccc1. The first-order chi connectivity index (χ1) is 24.5. The van der Waals surface area contributed by atoms with Crippen molar-refractivity contribution in [2.75, 3.05) is 46.2 Å². The standard InChI is InChI=1S/C36H38F3NO11/c1-24-29(50-32(42)26-13-7-3-8-14-26)30(51-33(43)27-15-9-4-10-16-27)28(23-48-31(41)25-11-5-2-6-12-25)49-34(24)47-22-21-46-20-19-45-18-17-40-35(44)36(37,38)39/h2-16,24,28-30,34H,17-23H2,1H3,(H,40,44)/t24?,28?,29-,30-,34+/m1/s1. The maximum Gasteiger partial charge on any atom is 0.471 e. The van der Waals surface area contributed by atoms with Gasteiger partial charge in [0.2, 0.25) is 0 Å². The van der Waals surface area contributed by atoms with Gasteiger partial charge >= 0.3 is 30.0 Å². The first-order valence-corrected chi connectivity index (χ1v) is 16.1. The summed E-state index contributed by atoms with van der Waals surface area (Å²) in [5.74, 6) is -4.81. The molecule has 1 amide bonds. The van der Waals surface area contributed by atoms with Gasteiger partial charge in [0.05, 0.1) is 49.7 Å². The van der Waals surface area contributed by atoms with E-state index < -0.39 is 60.5 Å². The Morgan fingerprint density at radius 3 is 1.67 bits per heavy atom. The Bertz CT molecular complexity index is 1540. The smallest absolute Gasteiger partial charge is 0.459 e. The van der Waals surface area contributed by atoms with Crippen molar-refractivity contribution in [3.63, 3.8) is 0 Å². The molecule has 51 heavy (non-hydrogen) atoms. The van der Waals surface area contributed by atoms with Gasteiger partial charge in [-0.1, -0.05) is 61.5 Å². The Balaban J connectivity index is 1.41. The van der Waals surface area contributed by atoms with Crippen LogP contribution in [0.5, 0.6) is 0 Å². The zero-order valence-electron chi connectivity index (χ0n) is 27.6. The molecule has 1 heterocycles. The number of alkyl halides is 3. The number of carbonyl (C=O) groups excluding carboxylic acids is 4. The van der Waals surface area contributed by atoms with Crippen molar-refractivity contribution >= 4 is 23.8 Å². The maximum atomic E-state index is 13.3. The van der Waals surface area contributed by atoms with Crippen molar-refractivity contribution < 1.29 is 65.5 Å². The number of benzene rings is 3. The largest absolute Gasteiger partial charge is 0.471 e. The molecule has 4 rings (SSSR count). The van der Waals surface area contributed by atoms with Crippen LogP contribution in [0.15, 0.2) is 91.0 Å². The van der Waals surface area contributed by atoms with Gasteiger partial charge in [-0.05, 0) is 36.4 Å². The maximum absolute atomic E-state index is 13.3. The molecule has 274 valence electrons. The van der Waals surface area contributed by atoms with E-state index in [0.717, 1.165) is 0 Å². The molecule has 5 atom stereocenters. The molecule has 0 spiro atoms. The van der Waals surface area contributed by atoms with Gasteiger partial charge in [-0.2, -0.15) is 13.2 Å². The number of rotatable bonds is 17. The number of nitrogens with one attached hydrogen (secondary N) is 1. The lowest BCUT2D eigenvalue weighted by Crippen LogP contribution is -2.58. The molecule has 0 radical (unpaired) electrons. The normalized spacial score (nSPS) is 20.2. The summed E-state index contributed by atoms with van der Waals surface area (Å²) < 4.78 is 77.0. The molecule has 3 aromatic carbocycles. The number of ether oxygens (including phenoxy) is 7. The number of esters is 3. The summed E-state index contributed by atoms with van der Waals surface area (Å²) in [7, 11) is 0. The highest BCUT2D eigenvalue weighted by atomic mass is 19.4. The lowest BCUT2D eigenvalue weighted by atomic mass is 9.91. The summed E-state index contributed by atoms with van der Waals surface area (Å²) in [4.78, 5) is 50.3. The predicted octanol–water partition coefficient (Wildman–Crippen LogP) is 4.38. The molecule has 0 saturated carbocycles. The Labute approximate surface area is 292 Å². The third kappa shape index (κ3) is 12.2. The molecular weight excluding hydrogens is 679 g/mol. The van der Waals surface area contributed by atoms with Gasteiger partial charge in [-0.3, -0.25) is 4.79 Å². The molecule has 3 aromatic rings. The molecule has 1 aliphatic rings. The van der Waals surface area contributed by atoms with Crippen LogP contribution in [-0.4, -0.2) is 101 Å². The van der Waals surface area contributed by atoms with Crippen LogP contribution in [0.4, 0.5) is 13.2 Å². The molecule has 12 nitrogen and oxygen atoms in total. The number of hydrogen-bond acceptors (Lipinski definition) is 11. The molecule has 1 fully saturated rings. The van der Waals surface area contributed by atoms with Crippen molar-refractivity contribution in [1.82, 2.24) is 5.32 Å². The summed E-state index contributed by atoms with van der Waals surface area (Å²) in [6.45, 7) is 0.987. The molecular formula is C36H38F3NO11. The third-order valence-electron chi connectivity index (χ3n) is 7.51. The van der Waals surface area contributed by atoms with Crippen LogP contribution >= 0.6 is 0 Å². The van der Waals surface area contributed by atoms with Crippen molar-refractivity contribution in [2.45, 2.75) is 37.7 Å². The van der Waals surface area contributed by atoms with Crippen molar-refractivity contribution in [2.24, 2.45) is 5.92 Å². The summed E-state index contributed by atoms with van der Waals surface area (Å²) in [6, 6.07) is 24.7. The highest BCUT2D eigenvalue weighted by Crippen LogP contribution is 2.33. The molecule has 2 unspecified atom stereocenters. The molecule has 0 aliphatic carbocycles. The highest BCUT2D eigenvalue weighted by molar-refractivity contribution is 5.91. The highest BCUT2D eigenvalue weighted by Gasteiger charge is 2.49. The molecule has 15 heteroatoms. The number of hydrogen-bond donors (Lipinski definition) is 1. The first kappa shape index (κ1) is 39.0. The van der Waals surface area contributed by atoms with Crippen LogP contribution in [0.3, 0.4) is 0 Å². The summed E-state index contributed by atoms with van der Waals surface area (Å²) in [5.41, 5.74) is 0.780. The minimum absolute atomic E-state index is 0.0129. The molecule has 0 bridgehead atoms. The van der Waals surface area contributed by atoms with E-state index in [2.05, 4.69) is 0 Å². The summed E-state index contributed by atoms with van der Waals surface area (Å²) in [6.07, 6.45) is -9.48. The van der Waals surface area contributed by atoms with Crippen molar-refractivity contribution in [1.29, 1.82) is 0 Å². The third-order valence-corrected chi connectivity index (χ3v) is 7.51. The van der Waals surface area contributed by atoms with Gasteiger partial charge in [0, 0.05) is 12.5 Å². The monoisotopic (exact) mass is 717 g/mol. The van der Waals surface area contributed by atoms with E-state index in [4.69, 9.17) is 33.2 Å². The number of halogens is 3. The quantitative estimate of drug-likeness (QED) is 0.121. The second-order valence-corrected chi connectivity index (χ2v) is 11.2. The van der Waals surface area contributed by atoms with Gasteiger partial charge in [0.1, 0.15) is 18.8 Å². The first-order valence-electron chi connectivity index (χ1n) is 16.1. The van der Waals surface area contributed by atoms with Crippen LogP contribution < -0.4 is 5.32 Å². The van der Waals surface area contributed by atoms with Gasteiger partial charge in [0.15, 0.2) is 12.4 Å². The van der Waals surface area contributed by atoms with Gasteiger partial charge in [-0.15, -0.1) is 0 Å². The molecule has 1 saturated heterocycles. The lowest BCUT2D eigenvalue weighted by Gasteiger charge is -2.44. The molecule has 0 aromatic heterocycles. The second kappa shape index (κ2) is 19.5. The van der Waals surface area contributed by atoms with E-state index in [1.807, 2.05) is 0 Å². The predicted molar refractivity (Wildman–Crippen MR) is 172 cm³/mol. The summed E-state index contributed by atoms with van der Waals surface area (Å²) >= 11 is 0. The fourth-order valence-electron chi connectivity index (χ4n) is 4.91. The minimum Gasteiger partial charge on any atom is -0.459 e. The fraction of sp³-hybridized carbons (Fsp3) is 0.389. The Kier molecular flexibility index (Phi) is 14.9. The van der Waals surface area contributed by atoms with Crippen LogP contribution in [-0.2, 0) is 38.0 Å². The van der Waals surface area contributed by atoms with E-state index in [9.17, 15) is 32.3 Å². The Morgan fingerprint density at radius 2 is 1.14 bits per heavy atom. The Hall–Kier alpha value is -4.83. The van der Waals surface area contributed by atoms with Crippen molar-refractivity contribution in [3.8, 4) is 0 Å². The van der Waals surface area contributed by atoms with Crippen LogP contribution in [0.2, 0.25) is 0 Å². The van der Waals surface area contributed by atoms with Gasteiger partial charge in [0.25, 0.3) is 0 Å². The minimum atomic E-state index is -4.97. The Morgan fingerprint density at radius 1 is 0.667 bits per heavy atom. The van der Waals surface area contributed by atoms with E-state index in [1.165, 1.54) is 0 Å². The van der Waals surface area contributed by atoms with Gasteiger partial charge in [-0.25, -0.2) is 14.4 Å². The second-order valence-electron chi connectivity index (χ2n) is 11.2. The topological polar surface area (TPSA) is 145 Å². The number of amides is 1. The fourth-order valence-corrected chi connectivity index (χ4v) is 4.91. The zero-order chi connectivity index (χ0) is 36.6. The van der Waals surface area contributed by atoms with E-state index in [0.29, 0.717) is 0 Å². The number of carbonyl (C=O) groups is 4. The van der Waals surface area contributed by atoms with Crippen LogP contribution in [0.25, 0.3) is 0 Å². The molecule has 1 aliphatic heterocycles. The zero-order valence-corrected chi connectivity index (χ0v) is 27.6. The summed E-state index contributed by atoms with van der Waals surface area (Å²) in [5, 5.41) is 1.70. The van der Waals surface area contributed by atoms with Crippen LogP contribution in [0, 0.1) is 5.92 Å². The average molecular weight is 718 g/mol. The van der Waals surface area contributed by atoms with Crippen LogP contribution in [0.1, 0.15) is 38.0 Å². The van der Waals surface area contributed by atoms with E-state index in [1.54, 1.807) is 103 Å².